The Morgan fingerprint density at radius 3 is 2.53 bits per heavy atom. The van der Waals surface area contributed by atoms with Gasteiger partial charge in [-0.3, -0.25) is 0 Å². The molecule has 1 aromatic rings. The Hall–Kier alpha value is -1.14. The van der Waals surface area contributed by atoms with Crippen LogP contribution in [0.15, 0.2) is 0 Å². The molecular weight excluding hydrogens is 268 g/mol. The summed E-state index contributed by atoms with van der Waals surface area (Å²) in [7, 11) is 0. The van der Waals surface area contributed by atoms with Crippen molar-refractivity contribution in [2.75, 3.05) is 37.8 Å². The first-order valence-corrected chi connectivity index (χ1v) is 6.96. The molecule has 6 nitrogen and oxygen atoms in total. The van der Waals surface area contributed by atoms with Gasteiger partial charge in [-0.15, -0.1) is 0 Å². The van der Waals surface area contributed by atoms with Crippen LogP contribution in [0.25, 0.3) is 0 Å². The molecule has 1 aromatic heterocycles. The van der Waals surface area contributed by atoms with Crippen molar-refractivity contribution in [1.29, 1.82) is 0 Å². The van der Waals surface area contributed by atoms with E-state index >= 15 is 0 Å². The lowest BCUT2D eigenvalue weighted by molar-refractivity contribution is 0.153. The summed E-state index contributed by atoms with van der Waals surface area (Å²) in [5.41, 5.74) is 0. The van der Waals surface area contributed by atoms with Gasteiger partial charge in [0.05, 0.1) is 13.2 Å². The predicted molar refractivity (Wildman–Crippen MR) is 75.0 cm³/mol. The number of hydrogen-bond acceptors (Lipinski definition) is 6. The van der Waals surface area contributed by atoms with Crippen molar-refractivity contribution in [1.82, 2.24) is 15.0 Å². The summed E-state index contributed by atoms with van der Waals surface area (Å²) >= 11 is 5.89. The predicted octanol–water partition coefficient (Wildman–Crippen LogP) is 2.18. The van der Waals surface area contributed by atoms with Crippen molar-refractivity contribution >= 4 is 17.5 Å². The zero-order valence-corrected chi connectivity index (χ0v) is 12.5. The third-order valence-electron chi connectivity index (χ3n) is 2.39. The Labute approximate surface area is 119 Å². The van der Waals surface area contributed by atoms with E-state index in [2.05, 4.69) is 15.0 Å². The van der Waals surface area contributed by atoms with Gasteiger partial charge in [-0.25, -0.2) is 0 Å². The quantitative estimate of drug-likeness (QED) is 0.649. The molecule has 0 saturated carbocycles. The van der Waals surface area contributed by atoms with E-state index in [1.54, 1.807) is 0 Å². The van der Waals surface area contributed by atoms with Gasteiger partial charge in [-0.05, 0) is 31.9 Å². The van der Waals surface area contributed by atoms with Crippen LogP contribution in [0, 0.1) is 0 Å². The highest BCUT2D eigenvalue weighted by Crippen LogP contribution is 2.15. The summed E-state index contributed by atoms with van der Waals surface area (Å²) in [6, 6.07) is 0.270. The summed E-state index contributed by atoms with van der Waals surface area (Å²) in [6.45, 7) is 9.36. The van der Waals surface area contributed by atoms with Crippen LogP contribution in [0.3, 0.4) is 0 Å². The van der Waals surface area contributed by atoms with Crippen molar-refractivity contribution < 1.29 is 9.47 Å². The fourth-order valence-electron chi connectivity index (χ4n) is 1.44. The molecule has 0 bridgehead atoms. The third kappa shape index (κ3) is 5.57. The molecule has 0 fully saturated rings. The molecule has 0 atom stereocenters. The van der Waals surface area contributed by atoms with E-state index in [4.69, 9.17) is 21.1 Å². The van der Waals surface area contributed by atoms with Crippen LogP contribution >= 0.6 is 11.6 Å². The molecular formula is C12H21ClN4O2. The number of halogens is 1. The zero-order valence-electron chi connectivity index (χ0n) is 11.7. The van der Waals surface area contributed by atoms with E-state index in [9.17, 15) is 0 Å². The molecule has 108 valence electrons. The lowest BCUT2D eigenvalue weighted by Gasteiger charge is -2.20. The third-order valence-corrected chi connectivity index (χ3v) is 2.55. The number of aromatic nitrogens is 3. The van der Waals surface area contributed by atoms with E-state index in [1.807, 2.05) is 25.7 Å². The molecule has 7 heteroatoms. The second kappa shape index (κ2) is 8.87. The molecule has 0 unspecified atom stereocenters. The minimum atomic E-state index is 0.144. The zero-order chi connectivity index (χ0) is 14.1. The number of likely N-dealkylation sites (N-methyl/N-ethyl adjacent to an activating group) is 1. The molecule has 1 heterocycles. The molecule has 1 rings (SSSR count). The average molecular weight is 289 g/mol. The van der Waals surface area contributed by atoms with Gasteiger partial charge in [0.25, 0.3) is 0 Å². The van der Waals surface area contributed by atoms with Gasteiger partial charge in [-0.1, -0.05) is 6.92 Å². The molecule has 0 N–H and O–H groups in total. The van der Waals surface area contributed by atoms with Crippen LogP contribution in [0.1, 0.15) is 27.2 Å². The second-order valence-electron chi connectivity index (χ2n) is 3.81. The Balaban J connectivity index is 2.75. The van der Waals surface area contributed by atoms with Crippen molar-refractivity contribution in [2.24, 2.45) is 0 Å². The van der Waals surface area contributed by atoms with Crippen molar-refractivity contribution in [2.45, 2.75) is 27.2 Å². The average Bonchev–Trinajstić information content (AvgIpc) is 2.41. The van der Waals surface area contributed by atoms with Crippen LogP contribution < -0.4 is 9.64 Å². The second-order valence-corrected chi connectivity index (χ2v) is 4.15. The summed E-state index contributed by atoms with van der Waals surface area (Å²) in [5, 5.41) is 0.144. The summed E-state index contributed by atoms with van der Waals surface area (Å²) in [6.07, 6.45) is 0.889. The Bertz CT molecular complexity index is 379. The number of rotatable bonds is 9. The van der Waals surface area contributed by atoms with Gasteiger partial charge < -0.3 is 14.4 Å². The van der Waals surface area contributed by atoms with E-state index in [0.717, 1.165) is 13.0 Å². The molecule has 0 aliphatic rings. The lowest BCUT2D eigenvalue weighted by Crippen LogP contribution is -2.29. The van der Waals surface area contributed by atoms with Crippen LogP contribution in [0.5, 0.6) is 6.01 Å². The maximum Gasteiger partial charge on any atom is 0.322 e. The van der Waals surface area contributed by atoms with Crippen molar-refractivity contribution in [3.8, 4) is 6.01 Å². The number of anilines is 1. The van der Waals surface area contributed by atoms with Gasteiger partial charge in [0.1, 0.15) is 0 Å². The van der Waals surface area contributed by atoms with E-state index in [1.165, 1.54) is 0 Å². The van der Waals surface area contributed by atoms with Gasteiger partial charge in [0, 0.05) is 19.7 Å². The normalized spacial score (nSPS) is 10.5. The van der Waals surface area contributed by atoms with Gasteiger partial charge >= 0.3 is 6.01 Å². The van der Waals surface area contributed by atoms with Gasteiger partial charge in [-0.2, -0.15) is 15.0 Å². The number of nitrogens with zero attached hydrogens (tertiary/aromatic N) is 4. The van der Waals surface area contributed by atoms with Crippen LogP contribution in [0.2, 0.25) is 5.28 Å². The van der Waals surface area contributed by atoms with E-state index in [-0.39, 0.29) is 11.3 Å². The highest BCUT2D eigenvalue weighted by atomic mass is 35.5. The van der Waals surface area contributed by atoms with Crippen molar-refractivity contribution in [3.05, 3.63) is 5.28 Å². The fourth-order valence-corrected chi connectivity index (χ4v) is 1.59. The molecule has 0 amide bonds. The van der Waals surface area contributed by atoms with Gasteiger partial charge in [0.2, 0.25) is 11.2 Å². The smallest absolute Gasteiger partial charge is 0.322 e. The first kappa shape index (κ1) is 15.9. The summed E-state index contributed by atoms with van der Waals surface area (Å²) < 4.78 is 10.7. The molecule has 19 heavy (non-hydrogen) atoms. The summed E-state index contributed by atoms with van der Waals surface area (Å²) in [5.74, 6) is 0.522. The Morgan fingerprint density at radius 2 is 1.89 bits per heavy atom. The molecule has 0 spiro atoms. The maximum absolute atomic E-state index is 5.89. The standard InChI is InChI=1S/C12H21ClN4O2/c1-4-8-19-12-15-10(13)14-11(16-12)17(5-2)7-9-18-6-3/h4-9H2,1-3H3. The number of hydrogen-bond donors (Lipinski definition) is 0. The first-order valence-electron chi connectivity index (χ1n) is 6.58. The van der Waals surface area contributed by atoms with Crippen LogP contribution in [0.4, 0.5) is 5.95 Å². The topological polar surface area (TPSA) is 60.4 Å². The SMILES string of the molecule is CCCOc1nc(Cl)nc(N(CC)CCOCC)n1. The minimum absolute atomic E-state index is 0.144. The molecule has 0 aromatic carbocycles. The number of ether oxygens (including phenoxy) is 2. The van der Waals surface area contributed by atoms with Crippen LogP contribution in [-0.4, -0.2) is 47.9 Å². The summed E-state index contributed by atoms with van der Waals surface area (Å²) in [4.78, 5) is 14.3. The highest BCUT2D eigenvalue weighted by Gasteiger charge is 2.12. The highest BCUT2D eigenvalue weighted by molar-refractivity contribution is 6.28. The largest absolute Gasteiger partial charge is 0.463 e. The van der Waals surface area contributed by atoms with E-state index in [0.29, 0.717) is 32.3 Å². The van der Waals surface area contributed by atoms with E-state index < -0.39 is 0 Å². The molecule has 0 saturated heterocycles. The van der Waals surface area contributed by atoms with Crippen LogP contribution in [-0.2, 0) is 4.74 Å². The lowest BCUT2D eigenvalue weighted by atomic mass is 10.5. The molecule has 0 aliphatic carbocycles. The van der Waals surface area contributed by atoms with Gasteiger partial charge in [0.15, 0.2) is 0 Å². The minimum Gasteiger partial charge on any atom is -0.463 e. The first-order chi connectivity index (χ1) is 9.21. The maximum atomic E-state index is 5.89. The molecule has 0 radical (unpaired) electrons. The Kier molecular flexibility index (Phi) is 7.43. The van der Waals surface area contributed by atoms with Crippen molar-refractivity contribution in [3.63, 3.8) is 0 Å². The fraction of sp³-hybridized carbons (Fsp3) is 0.750. The monoisotopic (exact) mass is 288 g/mol. The Morgan fingerprint density at radius 1 is 1.11 bits per heavy atom. The molecule has 0 aliphatic heterocycles.